The Bertz CT molecular complexity index is 768. The van der Waals surface area contributed by atoms with Crippen molar-refractivity contribution in [2.24, 2.45) is 0 Å². The SMILES string of the molecule is CNC(=O)[C@@H]1CN(Cc2ccc(Oc3ccc(F)cc3F)cc2)CCO1. The number of carbonyl (C=O) groups excluding carboxylic acids is 1. The van der Waals surface area contributed by atoms with Crippen LogP contribution in [0.25, 0.3) is 0 Å². The van der Waals surface area contributed by atoms with Crippen LogP contribution in [-0.2, 0) is 16.1 Å². The maximum Gasteiger partial charge on any atom is 0.250 e. The molecule has 0 aromatic heterocycles. The zero-order chi connectivity index (χ0) is 18.5. The molecule has 1 heterocycles. The average Bonchev–Trinajstić information content (AvgIpc) is 2.65. The third kappa shape index (κ3) is 4.56. The van der Waals surface area contributed by atoms with Crippen molar-refractivity contribution >= 4 is 5.91 Å². The van der Waals surface area contributed by atoms with Gasteiger partial charge in [-0.25, -0.2) is 8.78 Å². The molecule has 1 aliphatic heterocycles. The molecule has 2 aromatic carbocycles. The summed E-state index contributed by atoms with van der Waals surface area (Å²) in [4.78, 5) is 13.8. The third-order valence-corrected chi connectivity index (χ3v) is 4.14. The first-order valence-electron chi connectivity index (χ1n) is 8.32. The molecule has 5 nitrogen and oxygen atoms in total. The Labute approximate surface area is 150 Å². The van der Waals surface area contributed by atoms with Crippen LogP contribution in [-0.4, -0.2) is 43.7 Å². The Morgan fingerprint density at radius 2 is 2.04 bits per heavy atom. The molecule has 1 aliphatic rings. The van der Waals surface area contributed by atoms with Gasteiger partial charge in [-0.05, 0) is 29.8 Å². The van der Waals surface area contributed by atoms with Gasteiger partial charge in [-0.3, -0.25) is 9.69 Å². The van der Waals surface area contributed by atoms with Crippen LogP contribution in [0.4, 0.5) is 8.78 Å². The van der Waals surface area contributed by atoms with E-state index in [0.29, 0.717) is 25.4 Å². The van der Waals surface area contributed by atoms with Crippen molar-refractivity contribution < 1.29 is 23.0 Å². The normalized spacial score (nSPS) is 17.7. The second-order valence-corrected chi connectivity index (χ2v) is 6.03. The van der Waals surface area contributed by atoms with Gasteiger partial charge in [0.05, 0.1) is 6.61 Å². The summed E-state index contributed by atoms with van der Waals surface area (Å²) < 4.78 is 37.5. The van der Waals surface area contributed by atoms with Crippen molar-refractivity contribution in [3.05, 3.63) is 59.7 Å². The van der Waals surface area contributed by atoms with Gasteiger partial charge in [0.1, 0.15) is 17.7 Å². The number of likely N-dealkylation sites (N-methyl/N-ethyl adjacent to an activating group) is 1. The van der Waals surface area contributed by atoms with Crippen LogP contribution in [0.15, 0.2) is 42.5 Å². The summed E-state index contributed by atoms with van der Waals surface area (Å²) in [5.74, 6) is -1.08. The van der Waals surface area contributed by atoms with Crippen molar-refractivity contribution in [2.45, 2.75) is 12.6 Å². The van der Waals surface area contributed by atoms with E-state index in [1.54, 1.807) is 19.2 Å². The van der Waals surface area contributed by atoms with Crippen LogP contribution < -0.4 is 10.1 Å². The fourth-order valence-electron chi connectivity index (χ4n) is 2.77. The fourth-order valence-corrected chi connectivity index (χ4v) is 2.77. The number of amides is 1. The summed E-state index contributed by atoms with van der Waals surface area (Å²) in [6.07, 6.45) is -0.460. The number of hydrogen-bond acceptors (Lipinski definition) is 4. The van der Waals surface area contributed by atoms with E-state index in [2.05, 4.69) is 10.2 Å². The lowest BCUT2D eigenvalue weighted by Crippen LogP contribution is -2.48. The Kier molecular flexibility index (Phi) is 5.80. The highest BCUT2D eigenvalue weighted by molar-refractivity contribution is 5.80. The first-order valence-corrected chi connectivity index (χ1v) is 8.32. The van der Waals surface area contributed by atoms with E-state index in [9.17, 15) is 13.6 Å². The summed E-state index contributed by atoms with van der Waals surface area (Å²) in [6, 6.07) is 10.4. The molecule has 0 radical (unpaired) electrons. The van der Waals surface area contributed by atoms with E-state index in [-0.39, 0.29) is 11.7 Å². The van der Waals surface area contributed by atoms with E-state index in [1.165, 1.54) is 6.07 Å². The van der Waals surface area contributed by atoms with Crippen LogP contribution in [0.2, 0.25) is 0 Å². The Morgan fingerprint density at radius 1 is 1.27 bits per heavy atom. The molecule has 3 rings (SSSR count). The maximum atomic E-state index is 13.6. The Hall–Kier alpha value is -2.51. The number of morpholine rings is 1. The van der Waals surface area contributed by atoms with E-state index in [1.807, 2.05) is 12.1 Å². The van der Waals surface area contributed by atoms with Crippen LogP contribution >= 0.6 is 0 Å². The number of halogens is 2. The highest BCUT2D eigenvalue weighted by Gasteiger charge is 2.25. The number of benzene rings is 2. The van der Waals surface area contributed by atoms with Crippen LogP contribution in [0.1, 0.15) is 5.56 Å². The molecule has 26 heavy (non-hydrogen) atoms. The Morgan fingerprint density at radius 3 is 2.73 bits per heavy atom. The van der Waals surface area contributed by atoms with Gasteiger partial charge in [-0.1, -0.05) is 12.1 Å². The predicted molar refractivity (Wildman–Crippen MR) is 92.0 cm³/mol. The zero-order valence-corrected chi connectivity index (χ0v) is 14.4. The number of nitrogens with one attached hydrogen (secondary N) is 1. The summed E-state index contributed by atoms with van der Waals surface area (Å²) in [7, 11) is 1.59. The van der Waals surface area contributed by atoms with Crippen molar-refractivity contribution in [1.29, 1.82) is 0 Å². The number of nitrogens with zero attached hydrogens (tertiary/aromatic N) is 1. The predicted octanol–water partition coefficient (Wildman–Crippen LogP) is 2.70. The summed E-state index contributed by atoms with van der Waals surface area (Å²) in [6.45, 7) is 2.44. The van der Waals surface area contributed by atoms with Crippen molar-refractivity contribution in [3.8, 4) is 11.5 Å². The van der Waals surface area contributed by atoms with Gasteiger partial charge in [-0.15, -0.1) is 0 Å². The summed E-state index contributed by atoms with van der Waals surface area (Å²) >= 11 is 0. The second-order valence-electron chi connectivity index (χ2n) is 6.03. The van der Waals surface area contributed by atoms with Gasteiger partial charge in [0.25, 0.3) is 0 Å². The quantitative estimate of drug-likeness (QED) is 0.889. The molecule has 0 aliphatic carbocycles. The number of hydrogen-bond donors (Lipinski definition) is 1. The van der Waals surface area contributed by atoms with Crippen molar-refractivity contribution in [1.82, 2.24) is 10.2 Å². The lowest BCUT2D eigenvalue weighted by atomic mass is 10.1. The molecule has 0 saturated carbocycles. The highest BCUT2D eigenvalue weighted by atomic mass is 19.1. The van der Waals surface area contributed by atoms with Crippen LogP contribution in [0.3, 0.4) is 0 Å². The number of carbonyl (C=O) groups is 1. The molecule has 138 valence electrons. The van der Waals surface area contributed by atoms with Gasteiger partial charge in [0.15, 0.2) is 11.6 Å². The van der Waals surface area contributed by atoms with Gasteiger partial charge in [-0.2, -0.15) is 0 Å². The minimum atomic E-state index is -0.748. The molecule has 1 saturated heterocycles. The molecule has 0 unspecified atom stereocenters. The van der Waals surface area contributed by atoms with Crippen molar-refractivity contribution in [2.75, 3.05) is 26.7 Å². The molecule has 1 atom stereocenters. The second kappa shape index (κ2) is 8.25. The van der Waals surface area contributed by atoms with Gasteiger partial charge in [0.2, 0.25) is 5.91 Å². The van der Waals surface area contributed by atoms with E-state index in [0.717, 1.165) is 24.2 Å². The molecule has 0 bridgehead atoms. The van der Waals surface area contributed by atoms with Crippen molar-refractivity contribution in [3.63, 3.8) is 0 Å². The summed E-state index contributed by atoms with van der Waals surface area (Å²) in [5.41, 5.74) is 1.04. The first-order chi connectivity index (χ1) is 12.5. The molecule has 2 aromatic rings. The fraction of sp³-hybridized carbons (Fsp3) is 0.316. The molecule has 7 heteroatoms. The van der Waals surface area contributed by atoms with E-state index in [4.69, 9.17) is 9.47 Å². The van der Waals surface area contributed by atoms with Gasteiger partial charge in [0, 0.05) is 32.7 Å². The van der Waals surface area contributed by atoms with Gasteiger partial charge < -0.3 is 14.8 Å². The minimum Gasteiger partial charge on any atom is -0.454 e. The zero-order valence-electron chi connectivity index (χ0n) is 14.4. The van der Waals surface area contributed by atoms with Crippen LogP contribution in [0.5, 0.6) is 11.5 Å². The standard InChI is InChI=1S/C19H20F2N2O3/c1-22-19(24)18-12-23(8-9-25-18)11-13-2-5-15(6-3-13)26-17-7-4-14(20)10-16(17)21/h2-7,10,18H,8-9,11-12H2,1H3,(H,22,24)/t18-/m0/s1. The largest absolute Gasteiger partial charge is 0.454 e. The van der Waals surface area contributed by atoms with E-state index >= 15 is 0 Å². The van der Waals surface area contributed by atoms with Gasteiger partial charge >= 0.3 is 0 Å². The molecular formula is C19H20F2N2O3. The number of ether oxygens (including phenoxy) is 2. The minimum absolute atomic E-state index is 0.0271. The molecule has 1 amide bonds. The molecule has 0 spiro atoms. The molecule has 1 N–H and O–H groups in total. The maximum absolute atomic E-state index is 13.6. The Balaban J connectivity index is 1.60. The summed E-state index contributed by atoms with van der Waals surface area (Å²) in [5, 5.41) is 2.60. The molecular weight excluding hydrogens is 342 g/mol. The highest BCUT2D eigenvalue weighted by Crippen LogP contribution is 2.25. The van der Waals surface area contributed by atoms with E-state index < -0.39 is 17.7 Å². The topological polar surface area (TPSA) is 50.8 Å². The first kappa shape index (κ1) is 18.3. The van der Waals surface area contributed by atoms with Crippen LogP contribution in [0, 0.1) is 11.6 Å². The smallest absolute Gasteiger partial charge is 0.250 e. The number of rotatable bonds is 5. The molecule has 1 fully saturated rings. The monoisotopic (exact) mass is 362 g/mol. The lowest BCUT2D eigenvalue weighted by Gasteiger charge is -2.31. The third-order valence-electron chi connectivity index (χ3n) is 4.14. The lowest BCUT2D eigenvalue weighted by molar-refractivity contribution is -0.138. The average molecular weight is 362 g/mol.